The summed E-state index contributed by atoms with van der Waals surface area (Å²) in [6.45, 7) is 4.99. The summed E-state index contributed by atoms with van der Waals surface area (Å²) in [6, 6.07) is -0.617. The first-order valence-corrected chi connectivity index (χ1v) is 12.0. The van der Waals surface area contributed by atoms with E-state index in [2.05, 4.69) is 35.9 Å². The van der Waals surface area contributed by atoms with E-state index >= 15 is 0 Å². The van der Waals surface area contributed by atoms with Gasteiger partial charge in [0.1, 0.15) is 6.04 Å². The lowest BCUT2D eigenvalue weighted by atomic mass is 10.2. The van der Waals surface area contributed by atoms with E-state index in [9.17, 15) is 9.59 Å². The van der Waals surface area contributed by atoms with Gasteiger partial charge in [-0.15, -0.1) is 0 Å². The fraction of sp³-hybridized carbons (Fsp3) is 0.684. The van der Waals surface area contributed by atoms with Gasteiger partial charge >= 0.3 is 0 Å². The number of carbonyl (C=O) groups is 2. The van der Waals surface area contributed by atoms with Crippen molar-refractivity contribution in [2.75, 3.05) is 51.8 Å². The van der Waals surface area contributed by atoms with Crippen molar-refractivity contribution in [2.24, 2.45) is 42.9 Å². The zero-order valence-electron chi connectivity index (χ0n) is 20.5. The number of guanidine groups is 4. The molecule has 0 spiro atoms. The Bertz CT molecular complexity index is 712. The summed E-state index contributed by atoms with van der Waals surface area (Å²) in [4.78, 5) is 42.4. The van der Waals surface area contributed by atoms with Gasteiger partial charge in [0.25, 0.3) is 0 Å². The predicted molar refractivity (Wildman–Crippen MR) is 141 cm³/mol. The number of rotatable bonds is 13. The first-order valence-electron chi connectivity index (χ1n) is 10.9. The minimum Gasteiger partial charge on any atom is -0.370 e. The van der Waals surface area contributed by atoms with Crippen molar-refractivity contribution in [3.8, 4) is 0 Å². The third-order valence-electron chi connectivity index (χ3n) is 4.21. The highest BCUT2D eigenvalue weighted by Crippen LogP contribution is 2.07. The fourth-order valence-corrected chi connectivity index (χ4v) is 3.28. The molecular formula is C19H40N12O2S. The minimum atomic E-state index is -0.617. The van der Waals surface area contributed by atoms with Crippen LogP contribution in [0.25, 0.3) is 0 Å². The molecule has 14 nitrogen and oxygen atoms in total. The average Bonchev–Trinajstić information content (AvgIpc) is 2.79. The van der Waals surface area contributed by atoms with Crippen molar-refractivity contribution in [3.05, 3.63) is 0 Å². The van der Waals surface area contributed by atoms with Crippen LogP contribution in [0.1, 0.15) is 26.7 Å². The Morgan fingerprint density at radius 1 is 0.882 bits per heavy atom. The third-order valence-corrected chi connectivity index (χ3v) is 5.18. The van der Waals surface area contributed by atoms with Gasteiger partial charge in [-0.25, -0.2) is 0 Å². The van der Waals surface area contributed by atoms with Crippen LogP contribution in [0.4, 0.5) is 0 Å². The van der Waals surface area contributed by atoms with E-state index in [-0.39, 0.29) is 35.7 Å². The molecule has 34 heavy (non-hydrogen) atoms. The predicted octanol–water partition coefficient (Wildman–Crippen LogP) is -2.45. The Kier molecular flexibility index (Phi) is 16.5. The molecule has 0 aliphatic heterocycles. The number of hydrogen-bond acceptors (Lipinski definition) is 7. The third kappa shape index (κ3) is 14.8. The molecule has 0 rings (SSSR count). The van der Waals surface area contributed by atoms with Crippen LogP contribution in [0, 0.1) is 0 Å². The topological polar surface area (TPSA) is 227 Å². The van der Waals surface area contributed by atoms with E-state index in [1.165, 1.54) is 21.0 Å². The largest absolute Gasteiger partial charge is 0.370 e. The Morgan fingerprint density at radius 2 is 1.35 bits per heavy atom. The summed E-state index contributed by atoms with van der Waals surface area (Å²) in [6.07, 6.45) is 1.11. The highest BCUT2D eigenvalue weighted by atomic mass is 32.2. The van der Waals surface area contributed by atoms with Gasteiger partial charge in [0.05, 0.1) is 0 Å². The summed E-state index contributed by atoms with van der Waals surface area (Å²) in [7, 11) is 3.06. The van der Waals surface area contributed by atoms with Gasteiger partial charge in [0, 0.05) is 53.0 Å². The normalized spacial score (nSPS) is 13.9. The average molecular weight is 501 g/mol. The molecule has 0 aliphatic carbocycles. The second-order valence-electron chi connectivity index (χ2n) is 6.95. The zero-order valence-corrected chi connectivity index (χ0v) is 21.3. The molecule has 194 valence electrons. The lowest BCUT2D eigenvalue weighted by molar-refractivity contribution is -0.135. The van der Waals surface area contributed by atoms with E-state index in [0.29, 0.717) is 44.8 Å². The summed E-state index contributed by atoms with van der Waals surface area (Å²) in [5, 5.41) is 8.04. The van der Waals surface area contributed by atoms with Crippen molar-refractivity contribution in [1.29, 1.82) is 0 Å². The molecule has 0 heterocycles. The fourth-order valence-electron chi connectivity index (χ4n) is 2.58. The number of nitrogens with one attached hydrogen (secondary N) is 3. The Morgan fingerprint density at radius 3 is 1.74 bits per heavy atom. The van der Waals surface area contributed by atoms with Gasteiger partial charge < -0.3 is 33.2 Å². The molecule has 0 fully saturated rings. The van der Waals surface area contributed by atoms with Crippen molar-refractivity contribution in [3.63, 3.8) is 0 Å². The van der Waals surface area contributed by atoms with Gasteiger partial charge in [0.15, 0.2) is 23.8 Å². The van der Waals surface area contributed by atoms with Crippen LogP contribution in [-0.4, -0.2) is 98.4 Å². The highest BCUT2D eigenvalue weighted by molar-refractivity contribution is 7.99. The molecule has 0 aromatic heterocycles. The quantitative estimate of drug-likeness (QED) is 0.0807. The van der Waals surface area contributed by atoms with E-state index < -0.39 is 6.04 Å². The Balaban J connectivity index is 5.14. The molecule has 0 bridgehead atoms. The van der Waals surface area contributed by atoms with E-state index in [1.54, 1.807) is 16.7 Å². The van der Waals surface area contributed by atoms with Crippen LogP contribution >= 0.6 is 11.8 Å². The minimum absolute atomic E-state index is 0.142. The maximum Gasteiger partial charge on any atom is 0.246 e. The lowest BCUT2D eigenvalue weighted by Crippen LogP contribution is -2.50. The lowest BCUT2D eigenvalue weighted by Gasteiger charge is -2.27. The van der Waals surface area contributed by atoms with Crippen molar-refractivity contribution < 1.29 is 9.59 Å². The molecule has 2 amide bonds. The molecule has 0 aromatic rings. The number of nitrogens with zero attached hydrogens (tertiary/aromatic N) is 5. The molecule has 0 radical (unpaired) electrons. The highest BCUT2D eigenvalue weighted by Gasteiger charge is 2.24. The first-order chi connectivity index (χ1) is 16.1. The number of nitrogens with two attached hydrogens (primary N) is 4. The van der Waals surface area contributed by atoms with Gasteiger partial charge in [-0.1, -0.05) is 6.92 Å². The molecular weight excluding hydrogens is 460 g/mol. The van der Waals surface area contributed by atoms with Crippen LogP contribution in [0.5, 0.6) is 0 Å². The second-order valence-corrected chi connectivity index (χ2v) is 8.27. The van der Waals surface area contributed by atoms with Gasteiger partial charge in [0.2, 0.25) is 11.8 Å². The molecule has 0 saturated heterocycles. The van der Waals surface area contributed by atoms with Crippen LogP contribution in [-0.2, 0) is 9.59 Å². The van der Waals surface area contributed by atoms with Crippen LogP contribution in [0.15, 0.2) is 20.0 Å². The van der Waals surface area contributed by atoms with Crippen molar-refractivity contribution in [1.82, 2.24) is 20.9 Å². The SMILES string of the molecule is CCSC[C@@H](NC(C)=O)C(=O)N(CCCN=C(N)NC(N)=NC)CCCN=C(N)NC(N)=NC. The number of thioether (sulfide) groups is 1. The number of aliphatic imine (C=N–C) groups is 4. The van der Waals surface area contributed by atoms with Crippen LogP contribution < -0.4 is 38.9 Å². The number of carbonyl (C=O) groups excluding carboxylic acids is 2. The van der Waals surface area contributed by atoms with Gasteiger partial charge in [-0.2, -0.15) is 11.8 Å². The molecule has 0 aliphatic rings. The Labute approximate surface area is 205 Å². The smallest absolute Gasteiger partial charge is 0.246 e. The van der Waals surface area contributed by atoms with Crippen molar-refractivity contribution in [2.45, 2.75) is 32.7 Å². The summed E-state index contributed by atoms with van der Waals surface area (Å²) in [5.74, 6) is 1.50. The van der Waals surface area contributed by atoms with Gasteiger partial charge in [-0.3, -0.25) is 40.2 Å². The maximum absolute atomic E-state index is 13.2. The molecule has 15 heteroatoms. The maximum atomic E-state index is 13.2. The standard InChI is InChI=1S/C19H40N12O2S/c1-5-34-12-14(28-13(2)32)15(33)31(10-6-8-26-18(22)29-16(20)24-3)11-7-9-27-19(23)30-17(21)25-4/h14H,5-12H2,1-4H3,(H,28,32)(H5,20,22,24,26,29)(H5,21,23,25,27,30)/t14-/m1/s1. The number of amides is 2. The molecule has 0 unspecified atom stereocenters. The summed E-state index contributed by atoms with van der Waals surface area (Å²) >= 11 is 1.58. The molecule has 0 saturated carbocycles. The van der Waals surface area contributed by atoms with Crippen molar-refractivity contribution >= 4 is 47.4 Å². The van der Waals surface area contributed by atoms with Crippen LogP contribution in [0.3, 0.4) is 0 Å². The van der Waals surface area contributed by atoms with E-state index in [4.69, 9.17) is 22.9 Å². The molecule has 11 N–H and O–H groups in total. The molecule has 0 aromatic carbocycles. The zero-order chi connectivity index (χ0) is 25.9. The van der Waals surface area contributed by atoms with E-state index in [1.807, 2.05) is 6.92 Å². The Hall–Kier alpha value is -3.23. The van der Waals surface area contributed by atoms with Gasteiger partial charge in [-0.05, 0) is 18.6 Å². The monoisotopic (exact) mass is 500 g/mol. The summed E-state index contributed by atoms with van der Waals surface area (Å²) in [5.41, 5.74) is 22.6. The number of hydrogen-bond donors (Lipinski definition) is 7. The van der Waals surface area contributed by atoms with E-state index in [0.717, 1.165) is 5.75 Å². The van der Waals surface area contributed by atoms with Crippen LogP contribution in [0.2, 0.25) is 0 Å². The molecule has 1 atom stereocenters. The first kappa shape index (κ1) is 30.8. The second kappa shape index (κ2) is 18.2. The summed E-state index contributed by atoms with van der Waals surface area (Å²) < 4.78 is 0.